The zero-order chi connectivity index (χ0) is 39.1. The maximum atomic E-state index is 13.4. The van der Waals surface area contributed by atoms with E-state index in [2.05, 4.69) is 20.5 Å². The number of carbonyl (C=O) groups excluding carboxylic acids is 2. The Kier molecular flexibility index (Phi) is 13.5. The predicted octanol–water partition coefficient (Wildman–Crippen LogP) is 6.02. The van der Waals surface area contributed by atoms with E-state index in [1.807, 2.05) is 30.0 Å². The SMILES string of the molecule is COc1cc(NC(=O)OCCN(C)[C@H]2CC[C@H](OC(=O)C(O)(c3cccs3)C3CC=CS3)CC2)c(Cl)cc1CNC[C@H](O)c1ccc(O)c2[nH]c(=O)ccc12. The van der Waals surface area contributed by atoms with E-state index >= 15 is 0 Å². The normalized spacial score (nSPS) is 19.9. The number of pyridine rings is 1. The molecule has 3 atom stereocenters. The van der Waals surface area contributed by atoms with Crippen LogP contribution in [0.15, 0.2) is 70.2 Å². The van der Waals surface area contributed by atoms with Crippen LogP contribution < -0.4 is 20.9 Å². The minimum absolute atomic E-state index is 0.0884. The molecule has 1 aliphatic heterocycles. The molecule has 6 N–H and O–H groups in total. The smallest absolute Gasteiger partial charge is 0.411 e. The van der Waals surface area contributed by atoms with Crippen molar-refractivity contribution in [1.29, 1.82) is 0 Å². The number of aromatic nitrogens is 1. The first-order chi connectivity index (χ1) is 26.5. The molecule has 2 aromatic heterocycles. The van der Waals surface area contributed by atoms with Crippen molar-refractivity contribution in [2.45, 2.75) is 67.7 Å². The lowest BCUT2D eigenvalue weighted by Gasteiger charge is -2.36. The quantitative estimate of drug-likeness (QED) is 0.0770. The lowest BCUT2D eigenvalue weighted by molar-refractivity contribution is -0.174. The number of phenolic OH excluding ortho intramolecular Hbond substituents is 1. The number of benzene rings is 2. The van der Waals surface area contributed by atoms with Crippen molar-refractivity contribution >= 4 is 63.4 Å². The topological polar surface area (TPSA) is 183 Å². The van der Waals surface area contributed by atoms with Crippen LogP contribution in [0.2, 0.25) is 5.02 Å². The molecular formula is C39H45ClN4O9S2. The van der Waals surface area contributed by atoms with Gasteiger partial charge in [0.05, 0.1) is 34.7 Å². The van der Waals surface area contributed by atoms with Crippen molar-refractivity contribution in [3.05, 3.63) is 96.8 Å². The third kappa shape index (κ3) is 9.48. The average molecular weight is 813 g/mol. The highest BCUT2D eigenvalue weighted by Gasteiger charge is 2.49. The van der Waals surface area contributed by atoms with Crippen molar-refractivity contribution in [2.75, 3.05) is 39.2 Å². The fourth-order valence-electron chi connectivity index (χ4n) is 7.02. The number of esters is 1. The predicted molar refractivity (Wildman–Crippen MR) is 214 cm³/mol. The second-order valence-electron chi connectivity index (χ2n) is 13.6. The number of aliphatic hydroxyl groups excluding tert-OH is 1. The third-order valence-corrected chi connectivity index (χ3v) is 12.6. The van der Waals surface area contributed by atoms with Crippen molar-refractivity contribution in [3.8, 4) is 11.5 Å². The number of hydrogen-bond donors (Lipinski definition) is 6. The Morgan fingerprint density at radius 2 is 1.95 bits per heavy atom. The molecule has 13 nitrogen and oxygen atoms in total. The molecule has 0 saturated heterocycles. The summed E-state index contributed by atoms with van der Waals surface area (Å²) in [6, 6.07) is 13.0. The highest BCUT2D eigenvalue weighted by Crippen LogP contribution is 2.43. The molecule has 1 fully saturated rings. The van der Waals surface area contributed by atoms with Crippen LogP contribution in [0, 0.1) is 0 Å². The molecule has 4 aromatic rings. The van der Waals surface area contributed by atoms with Gasteiger partial charge in [0, 0.05) is 53.6 Å². The van der Waals surface area contributed by atoms with Crippen molar-refractivity contribution < 1.29 is 39.1 Å². The second-order valence-corrected chi connectivity index (χ2v) is 16.1. The number of hydrogen-bond acceptors (Lipinski definition) is 13. The first-order valence-electron chi connectivity index (χ1n) is 18.0. The number of thiophene rings is 1. The number of fused-ring (bicyclic) bond motifs is 1. The highest BCUT2D eigenvalue weighted by molar-refractivity contribution is 8.03. The van der Waals surface area contributed by atoms with Crippen molar-refractivity contribution in [1.82, 2.24) is 15.2 Å². The van der Waals surface area contributed by atoms with E-state index < -0.39 is 23.8 Å². The molecule has 1 saturated carbocycles. The summed E-state index contributed by atoms with van der Waals surface area (Å²) in [5, 5.41) is 42.7. The van der Waals surface area contributed by atoms with Crippen LogP contribution in [-0.2, 0) is 26.4 Å². The van der Waals surface area contributed by atoms with Gasteiger partial charge in [-0.15, -0.1) is 23.1 Å². The van der Waals surface area contributed by atoms with Crippen LogP contribution >= 0.6 is 34.7 Å². The summed E-state index contributed by atoms with van der Waals surface area (Å²) in [6.07, 6.45) is 3.59. The van der Waals surface area contributed by atoms with E-state index in [1.54, 1.807) is 30.3 Å². The van der Waals surface area contributed by atoms with Gasteiger partial charge in [0.25, 0.3) is 0 Å². The van der Waals surface area contributed by atoms with Crippen LogP contribution in [0.3, 0.4) is 0 Å². The fourth-order valence-corrected chi connectivity index (χ4v) is 9.25. The van der Waals surface area contributed by atoms with Crippen LogP contribution in [-0.4, -0.2) is 88.5 Å². The first kappa shape index (κ1) is 40.6. The molecule has 1 aliphatic carbocycles. The van der Waals surface area contributed by atoms with E-state index in [4.69, 9.17) is 25.8 Å². The fraction of sp³-hybridized carbons (Fsp3) is 0.410. The number of H-pyrrole nitrogens is 1. The molecule has 0 bridgehead atoms. The van der Waals surface area contributed by atoms with Gasteiger partial charge >= 0.3 is 12.1 Å². The Bertz CT molecular complexity index is 2050. The number of aromatic hydroxyl groups is 1. The zero-order valence-corrected chi connectivity index (χ0v) is 32.8. The van der Waals surface area contributed by atoms with Gasteiger partial charge in [0.15, 0.2) is 0 Å². The molecule has 6 rings (SSSR count). The number of phenols is 1. The number of allylic oxidation sites excluding steroid dienone is 1. The van der Waals surface area contributed by atoms with Crippen molar-refractivity contribution in [3.63, 3.8) is 0 Å². The molecule has 55 heavy (non-hydrogen) atoms. The maximum absolute atomic E-state index is 13.4. The number of nitrogens with one attached hydrogen (secondary N) is 3. The number of aromatic amines is 1. The molecule has 2 aromatic carbocycles. The summed E-state index contributed by atoms with van der Waals surface area (Å²) < 4.78 is 16.9. The Balaban J connectivity index is 0.935. The summed E-state index contributed by atoms with van der Waals surface area (Å²) in [4.78, 5) is 43.2. The van der Waals surface area contributed by atoms with Gasteiger partial charge < -0.3 is 44.7 Å². The van der Waals surface area contributed by atoms with Gasteiger partial charge in [-0.25, -0.2) is 9.59 Å². The Morgan fingerprint density at radius 1 is 1.15 bits per heavy atom. The van der Waals surface area contributed by atoms with E-state index in [9.17, 15) is 29.7 Å². The zero-order valence-electron chi connectivity index (χ0n) is 30.5. The number of halogens is 1. The number of anilines is 1. The molecule has 294 valence electrons. The van der Waals surface area contributed by atoms with E-state index in [0.29, 0.717) is 58.6 Å². The van der Waals surface area contributed by atoms with Gasteiger partial charge in [-0.2, -0.15) is 0 Å². The monoisotopic (exact) mass is 812 g/mol. The summed E-state index contributed by atoms with van der Waals surface area (Å²) in [7, 11) is 3.47. The Hall–Kier alpha value is -4.09. The second kappa shape index (κ2) is 18.2. The van der Waals surface area contributed by atoms with Crippen molar-refractivity contribution in [2.24, 2.45) is 0 Å². The first-order valence-corrected chi connectivity index (χ1v) is 20.2. The van der Waals surface area contributed by atoms with Gasteiger partial charge in [-0.1, -0.05) is 29.8 Å². The molecule has 2 aliphatic rings. The number of methoxy groups -OCH3 is 1. The highest BCUT2D eigenvalue weighted by atomic mass is 35.5. The number of thioether (sulfide) groups is 1. The lowest BCUT2D eigenvalue weighted by Crippen LogP contribution is -2.47. The number of nitrogens with zero attached hydrogens (tertiary/aromatic N) is 1. The minimum atomic E-state index is -1.69. The summed E-state index contributed by atoms with van der Waals surface area (Å²) in [5.41, 5.74) is -0.262. The summed E-state index contributed by atoms with van der Waals surface area (Å²) in [6.45, 7) is 1.07. The molecular weight excluding hydrogens is 768 g/mol. The Morgan fingerprint density at radius 3 is 2.65 bits per heavy atom. The van der Waals surface area contributed by atoms with Crippen LogP contribution in [0.5, 0.6) is 11.5 Å². The average Bonchev–Trinajstić information content (AvgIpc) is 3.93. The van der Waals surface area contributed by atoms with Gasteiger partial charge in [-0.3, -0.25) is 10.1 Å². The molecule has 16 heteroatoms. The Labute approximate surface area is 331 Å². The molecule has 2 unspecified atom stereocenters. The third-order valence-electron chi connectivity index (χ3n) is 10.1. The van der Waals surface area contributed by atoms with Crippen LogP contribution in [0.4, 0.5) is 10.5 Å². The summed E-state index contributed by atoms with van der Waals surface area (Å²) >= 11 is 9.34. The minimum Gasteiger partial charge on any atom is -0.506 e. The number of carbonyl (C=O) groups is 2. The molecule has 3 heterocycles. The van der Waals surface area contributed by atoms with Gasteiger partial charge in [-0.05, 0) is 79.8 Å². The number of aliphatic hydroxyl groups is 2. The molecule has 0 spiro atoms. The molecule has 0 radical (unpaired) electrons. The maximum Gasteiger partial charge on any atom is 0.411 e. The van der Waals surface area contributed by atoms with Gasteiger partial charge in [0.1, 0.15) is 24.2 Å². The largest absolute Gasteiger partial charge is 0.506 e. The van der Waals surface area contributed by atoms with Crippen LogP contribution in [0.1, 0.15) is 54.2 Å². The standard InChI is InChI=1S/C39H45ClN4O9S2/c1-44(24-7-9-25(10-8-24)53-37(48)39(50,33-5-3-17-54-33)34-6-4-18-55-34)15-16-52-38(49)42-29-20-32(51-2)23(19-28(29)40)21-41-22-31(46)26-11-13-30(45)36-27(26)12-14-35(47)43-36/h3-5,11-14,17-20,24-25,31,34,41,45-46,50H,6-10,15-16,21-22H2,1-2H3,(H,42,49)(H,43,47)/t24-,25-,31-,34?,39?/m0/s1. The van der Waals surface area contributed by atoms with Crippen LogP contribution in [0.25, 0.3) is 10.9 Å². The molecule has 1 amide bonds. The number of ether oxygens (including phenoxy) is 3. The number of rotatable bonds is 15. The lowest BCUT2D eigenvalue weighted by atomic mass is 9.91. The van der Waals surface area contributed by atoms with Gasteiger partial charge in [0.2, 0.25) is 11.2 Å². The van der Waals surface area contributed by atoms with E-state index in [0.717, 1.165) is 12.8 Å². The number of amides is 1. The summed E-state index contributed by atoms with van der Waals surface area (Å²) in [5.74, 6) is -0.219. The van der Waals surface area contributed by atoms with E-state index in [-0.39, 0.29) is 58.9 Å². The number of likely N-dealkylation sites (N-methyl/N-ethyl adjacent to an activating group) is 1. The van der Waals surface area contributed by atoms with E-state index in [1.165, 1.54) is 42.3 Å².